The molecule has 1 saturated heterocycles. The van der Waals surface area contributed by atoms with E-state index in [0.29, 0.717) is 25.0 Å². The summed E-state index contributed by atoms with van der Waals surface area (Å²) in [5.41, 5.74) is -0.336. The topological polar surface area (TPSA) is 60.1 Å². The SMILES string of the molecule is CC(C)n1c(C2CCCN(C(=O)c3ccc(F)cc3F)C2)nn(C)c1=O. The van der Waals surface area contributed by atoms with Crippen LogP contribution in [0.4, 0.5) is 8.78 Å². The van der Waals surface area contributed by atoms with Crippen molar-refractivity contribution in [3.63, 3.8) is 0 Å². The first kappa shape index (κ1) is 18.3. The average molecular weight is 364 g/mol. The summed E-state index contributed by atoms with van der Waals surface area (Å²) in [6.07, 6.45) is 1.51. The van der Waals surface area contributed by atoms with Gasteiger partial charge in [-0.15, -0.1) is 0 Å². The van der Waals surface area contributed by atoms with Gasteiger partial charge in [-0.05, 0) is 38.8 Å². The second-order valence-corrected chi connectivity index (χ2v) is 6.94. The summed E-state index contributed by atoms with van der Waals surface area (Å²) in [6, 6.07) is 2.91. The molecule has 1 aromatic heterocycles. The molecule has 0 bridgehead atoms. The maximum atomic E-state index is 14.0. The summed E-state index contributed by atoms with van der Waals surface area (Å²) in [5, 5.41) is 4.36. The fourth-order valence-electron chi connectivity index (χ4n) is 3.47. The largest absolute Gasteiger partial charge is 0.345 e. The number of piperidine rings is 1. The zero-order valence-electron chi connectivity index (χ0n) is 15.1. The minimum Gasteiger partial charge on any atom is -0.338 e. The van der Waals surface area contributed by atoms with Crippen molar-refractivity contribution >= 4 is 5.91 Å². The molecule has 2 aromatic rings. The molecule has 1 atom stereocenters. The number of aryl methyl sites for hydroxylation is 1. The molecule has 0 N–H and O–H groups in total. The van der Waals surface area contributed by atoms with Gasteiger partial charge >= 0.3 is 5.69 Å². The maximum Gasteiger partial charge on any atom is 0.345 e. The summed E-state index contributed by atoms with van der Waals surface area (Å²) >= 11 is 0. The Hall–Kier alpha value is -2.51. The van der Waals surface area contributed by atoms with Gasteiger partial charge in [-0.2, -0.15) is 5.10 Å². The molecule has 1 amide bonds. The van der Waals surface area contributed by atoms with E-state index in [0.717, 1.165) is 18.9 Å². The van der Waals surface area contributed by atoms with Crippen molar-refractivity contribution in [2.75, 3.05) is 13.1 Å². The molecule has 2 heterocycles. The summed E-state index contributed by atoms with van der Waals surface area (Å²) in [7, 11) is 1.60. The van der Waals surface area contributed by atoms with E-state index in [9.17, 15) is 18.4 Å². The second-order valence-electron chi connectivity index (χ2n) is 6.94. The van der Waals surface area contributed by atoms with Gasteiger partial charge in [0.2, 0.25) is 0 Å². The third kappa shape index (κ3) is 3.27. The van der Waals surface area contributed by atoms with Crippen LogP contribution < -0.4 is 5.69 Å². The van der Waals surface area contributed by atoms with Crippen LogP contribution in [-0.2, 0) is 7.05 Å². The zero-order valence-corrected chi connectivity index (χ0v) is 15.1. The van der Waals surface area contributed by atoms with Crippen LogP contribution in [0.25, 0.3) is 0 Å². The van der Waals surface area contributed by atoms with Crippen LogP contribution in [0.2, 0.25) is 0 Å². The number of rotatable bonds is 3. The Balaban J connectivity index is 1.87. The Labute approximate surface area is 150 Å². The van der Waals surface area contributed by atoms with E-state index in [4.69, 9.17) is 0 Å². The number of aromatic nitrogens is 3. The Kier molecular flexibility index (Phi) is 4.93. The monoisotopic (exact) mass is 364 g/mol. The molecule has 6 nitrogen and oxygen atoms in total. The molecule has 1 unspecified atom stereocenters. The van der Waals surface area contributed by atoms with Gasteiger partial charge in [0.25, 0.3) is 5.91 Å². The van der Waals surface area contributed by atoms with Crippen molar-refractivity contribution in [2.24, 2.45) is 7.05 Å². The van der Waals surface area contributed by atoms with Gasteiger partial charge in [-0.1, -0.05) is 0 Å². The van der Waals surface area contributed by atoms with E-state index in [-0.39, 0.29) is 23.2 Å². The number of amides is 1. The highest BCUT2D eigenvalue weighted by molar-refractivity contribution is 5.94. The van der Waals surface area contributed by atoms with E-state index in [1.807, 2.05) is 13.8 Å². The molecule has 1 aliphatic rings. The van der Waals surface area contributed by atoms with E-state index in [1.165, 1.54) is 10.7 Å². The molecule has 3 rings (SSSR count). The minimum absolute atomic E-state index is 0.0492. The van der Waals surface area contributed by atoms with Crippen LogP contribution in [0, 0.1) is 11.6 Å². The van der Waals surface area contributed by atoms with Crippen LogP contribution in [-0.4, -0.2) is 38.2 Å². The fraction of sp³-hybridized carbons (Fsp3) is 0.500. The lowest BCUT2D eigenvalue weighted by Crippen LogP contribution is -2.40. The lowest BCUT2D eigenvalue weighted by Gasteiger charge is -2.32. The maximum absolute atomic E-state index is 14.0. The van der Waals surface area contributed by atoms with Crippen LogP contribution in [0.3, 0.4) is 0 Å². The summed E-state index contributed by atoms with van der Waals surface area (Å²) in [5.74, 6) is -1.52. The molecule has 0 spiro atoms. The first-order chi connectivity index (χ1) is 12.3. The van der Waals surface area contributed by atoms with E-state index in [1.54, 1.807) is 16.5 Å². The Morgan fingerprint density at radius 3 is 2.69 bits per heavy atom. The van der Waals surface area contributed by atoms with Gasteiger partial charge < -0.3 is 4.90 Å². The molecular formula is C18H22F2N4O2. The van der Waals surface area contributed by atoms with E-state index < -0.39 is 17.5 Å². The van der Waals surface area contributed by atoms with Gasteiger partial charge in [-0.3, -0.25) is 9.36 Å². The summed E-state index contributed by atoms with van der Waals surface area (Å²) in [6.45, 7) is 4.65. The number of hydrogen-bond donors (Lipinski definition) is 0. The first-order valence-corrected chi connectivity index (χ1v) is 8.69. The molecule has 140 valence electrons. The number of hydrogen-bond acceptors (Lipinski definition) is 3. The molecule has 8 heteroatoms. The fourth-order valence-corrected chi connectivity index (χ4v) is 3.47. The summed E-state index contributed by atoms with van der Waals surface area (Å²) in [4.78, 5) is 26.5. The third-order valence-corrected chi connectivity index (χ3v) is 4.73. The van der Waals surface area contributed by atoms with E-state index >= 15 is 0 Å². The van der Waals surface area contributed by atoms with Crippen molar-refractivity contribution < 1.29 is 13.6 Å². The predicted octanol–water partition coefficient (Wildman–Crippen LogP) is 2.46. The molecule has 1 aliphatic heterocycles. The van der Waals surface area contributed by atoms with Crippen molar-refractivity contribution in [3.8, 4) is 0 Å². The highest BCUT2D eigenvalue weighted by Gasteiger charge is 2.31. The molecular weight excluding hydrogens is 342 g/mol. The standard InChI is InChI=1S/C18H22F2N4O2/c1-11(2)24-16(21-22(3)18(24)26)12-5-4-8-23(10-12)17(25)14-7-6-13(19)9-15(14)20/h6-7,9,11-12H,4-5,8,10H2,1-3H3. The van der Waals surface area contributed by atoms with Gasteiger partial charge in [0, 0.05) is 38.2 Å². The van der Waals surface area contributed by atoms with Crippen molar-refractivity contribution in [2.45, 2.75) is 38.6 Å². The zero-order chi connectivity index (χ0) is 19.0. The van der Waals surface area contributed by atoms with Gasteiger partial charge in [0.05, 0.1) is 5.56 Å². The highest BCUT2D eigenvalue weighted by atomic mass is 19.1. The Morgan fingerprint density at radius 1 is 1.31 bits per heavy atom. The molecule has 0 radical (unpaired) electrons. The van der Waals surface area contributed by atoms with Crippen LogP contribution in [0.15, 0.2) is 23.0 Å². The Bertz CT molecular complexity index is 888. The molecule has 1 fully saturated rings. The van der Waals surface area contributed by atoms with E-state index in [2.05, 4.69) is 5.10 Å². The quantitative estimate of drug-likeness (QED) is 0.841. The van der Waals surface area contributed by atoms with Crippen molar-refractivity contribution in [1.29, 1.82) is 0 Å². The third-order valence-electron chi connectivity index (χ3n) is 4.73. The van der Waals surface area contributed by atoms with Crippen molar-refractivity contribution in [3.05, 3.63) is 51.7 Å². The summed E-state index contributed by atoms with van der Waals surface area (Å²) < 4.78 is 30.0. The Morgan fingerprint density at radius 2 is 2.04 bits per heavy atom. The van der Waals surface area contributed by atoms with Crippen LogP contribution in [0.5, 0.6) is 0 Å². The smallest absolute Gasteiger partial charge is 0.338 e. The number of benzene rings is 1. The number of carbonyl (C=O) groups excluding carboxylic acids is 1. The number of halogens is 2. The lowest BCUT2D eigenvalue weighted by molar-refractivity contribution is 0.0698. The first-order valence-electron chi connectivity index (χ1n) is 8.69. The van der Waals surface area contributed by atoms with Gasteiger partial charge in [-0.25, -0.2) is 18.3 Å². The molecule has 26 heavy (non-hydrogen) atoms. The highest BCUT2D eigenvalue weighted by Crippen LogP contribution is 2.27. The lowest BCUT2D eigenvalue weighted by atomic mass is 9.96. The average Bonchev–Trinajstić information content (AvgIpc) is 2.90. The second kappa shape index (κ2) is 7.01. The minimum atomic E-state index is -0.867. The predicted molar refractivity (Wildman–Crippen MR) is 92.1 cm³/mol. The molecule has 1 aromatic carbocycles. The number of likely N-dealkylation sites (tertiary alicyclic amines) is 1. The van der Waals surface area contributed by atoms with Gasteiger partial charge in [0.1, 0.15) is 17.5 Å². The van der Waals surface area contributed by atoms with Crippen LogP contribution in [0.1, 0.15) is 54.8 Å². The number of carbonyl (C=O) groups is 1. The molecule has 0 aliphatic carbocycles. The van der Waals surface area contributed by atoms with Crippen molar-refractivity contribution in [1.82, 2.24) is 19.2 Å². The molecule has 0 saturated carbocycles. The number of nitrogens with zero attached hydrogens (tertiary/aromatic N) is 4. The normalized spacial score (nSPS) is 17.8. The van der Waals surface area contributed by atoms with Gasteiger partial charge in [0.15, 0.2) is 0 Å². The van der Waals surface area contributed by atoms with Crippen LogP contribution >= 0.6 is 0 Å².